The lowest BCUT2D eigenvalue weighted by Gasteiger charge is -1.99. The van der Waals surface area contributed by atoms with Gasteiger partial charge in [-0.1, -0.05) is 11.2 Å². The Bertz CT molecular complexity index is 1020. The van der Waals surface area contributed by atoms with Gasteiger partial charge in [0.25, 0.3) is 5.89 Å². The van der Waals surface area contributed by atoms with E-state index >= 15 is 0 Å². The van der Waals surface area contributed by atoms with Crippen LogP contribution in [0.2, 0.25) is 0 Å². The minimum atomic E-state index is -0.472. The van der Waals surface area contributed by atoms with Gasteiger partial charge in [0, 0.05) is 17.1 Å². The van der Waals surface area contributed by atoms with E-state index in [4.69, 9.17) is 4.52 Å². The lowest BCUT2D eigenvalue weighted by atomic mass is 10.1. The Morgan fingerprint density at radius 1 is 1.27 bits per heavy atom. The summed E-state index contributed by atoms with van der Waals surface area (Å²) in [6.45, 7) is 0. The summed E-state index contributed by atoms with van der Waals surface area (Å²) in [6, 6.07) is 7.73. The highest BCUT2D eigenvalue weighted by atomic mass is 32.1. The highest BCUT2D eigenvalue weighted by Crippen LogP contribution is 2.24. The van der Waals surface area contributed by atoms with Crippen LogP contribution in [0.3, 0.4) is 0 Å². The van der Waals surface area contributed by atoms with Crippen LogP contribution in [0, 0.1) is 5.82 Å². The first kappa shape index (κ1) is 12.9. The second-order valence-electron chi connectivity index (χ2n) is 4.62. The standard InChI is InChI=1S/C15H8FN3O2S/c16-8-3-4-11-9(6-8)13(20)10(7-17-11)15-18-14(19-21-15)12-2-1-5-22-12/h1-7H,(H,17,20). The molecule has 0 aliphatic heterocycles. The molecule has 4 rings (SSSR count). The van der Waals surface area contributed by atoms with Crippen LogP contribution in [-0.4, -0.2) is 15.1 Å². The smallest absolute Gasteiger partial charge is 0.263 e. The Morgan fingerprint density at radius 3 is 3.00 bits per heavy atom. The number of aromatic amines is 1. The summed E-state index contributed by atoms with van der Waals surface area (Å²) in [7, 11) is 0. The first-order valence-electron chi connectivity index (χ1n) is 6.41. The third kappa shape index (κ3) is 2.03. The maximum atomic E-state index is 13.3. The van der Waals surface area contributed by atoms with Gasteiger partial charge in [0.1, 0.15) is 11.4 Å². The van der Waals surface area contributed by atoms with Crippen molar-refractivity contribution < 1.29 is 8.91 Å². The molecule has 4 aromatic rings. The zero-order chi connectivity index (χ0) is 15.1. The molecule has 0 atom stereocenters. The molecule has 1 aromatic carbocycles. The van der Waals surface area contributed by atoms with Crippen molar-refractivity contribution in [1.82, 2.24) is 15.1 Å². The largest absolute Gasteiger partial charge is 0.360 e. The predicted octanol–water partition coefficient (Wildman–Crippen LogP) is 3.45. The van der Waals surface area contributed by atoms with Crippen LogP contribution in [0.25, 0.3) is 33.1 Å². The zero-order valence-electron chi connectivity index (χ0n) is 11.0. The molecule has 0 fully saturated rings. The van der Waals surface area contributed by atoms with Gasteiger partial charge in [-0.2, -0.15) is 4.98 Å². The van der Waals surface area contributed by atoms with Crippen molar-refractivity contribution in [3.8, 4) is 22.2 Å². The van der Waals surface area contributed by atoms with Crippen molar-refractivity contribution in [3.05, 3.63) is 57.9 Å². The van der Waals surface area contributed by atoms with Gasteiger partial charge in [-0.25, -0.2) is 4.39 Å². The number of nitrogens with zero attached hydrogens (tertiary/aromatic N) is 2. The summed E-state index contributed by atoms with van der Waals surface area (Å²) >= 11 is 1.47. The van der Waals surface area contributed by atoms with Crippen LogP contribution >= 0.6 is 11.3 Å². The third-order valence-corrected chi connectivity index (χ3v) is 4.11. The number of pyridine rings is 1. The molecular weight excluding hydrogens is 305 g/mol. The zero-order valence-corrected chi connectivity index (χ0v) is 11.9. The monoisotopic (exact) mass is 313 g/mol. The predicted molar refractivity (Wildman–Crippen MR) is 81.1 cm³/mol. The Labute approximate surface area is 127 Å². The molecule has 0 aliphatic rings. The lowest BCUT2D eigenvalue weighted by molar-refractivity contribution is 0.432. The van der Waals surface area contributed by atoms with Crippen molar-refractivity contribution in [2.45, 2.75) is 0 Å². The van der Waals surface area contributed by atoms with Gasteiger partial charge >= 0.3 is 0 Å². The van der Waals surface area contributed by atoms with E-state index in [9.17, 15) is 9.18 Å². The molecule has 0 aliphatic carbocycles. The van der Waals surface area contributed by atoms with Gasteiger partial charge in [-0.05, 0) is 29.6 Å². The first-order valence-corrected chi connectivity index (χ1v) is 7.29. The number of benzene rings is 1. The number of halogens is 1. The topological polar surface area (TPSA) is 71.8 Å². The van der Waals surface area contributed by atoms with E-state index in [1.54, 1.807) is 0 Å². The van der Waals surface area contributed by atoms with E-state index in [1.165, 1.54) is 35.7 Å². The van der Waals surface area contributed by atoms with E-state index in [0.29, 0.717) is 11.3 Å². The van der Waals surface area contributed by atoms with Crippen LogP contribution in [0.1, 0.15) is 0 Å². The van der Waals surface area contributed by atoms with Crippen LogP contribution in [-0.2, 0) is 0 Å². The summed E-state index contributed by atoms with van der Waals surface area (Å²) in [5.74, 6) is 0.0551. The molecule has 7 heteroatoms. The maximum absolute atomic E-state index is 13.3. The molecule has 3 aromatic heterocycles. The van der Waals surface area contributed by atoms with Gasteiger partial charge in [-0.15, -0.1) is 11.3 Å². The van der Waals surface area contributed by atoms with Gasteiger partial charge < -0.3 is 9.51 Å². The number of nitrogens with one attached hydrogen (secondary N) is 1. The summed E-state index contributed by atoms with van der Waals surface area (Å²) in [5.41, 5.74) is 0.413. The van der Waals surface area contributed by atoms with Crippen molar-refractivity contribution in [2.75, 3.05) is 0 Å². The van der Waals surface area contributed by atoms with Crippen LogP contribution in [0.5, 0.6) is 0 Å². The highest BCUT2D eigenvalue weighted by Gasteiger charge is 2.16. The lowest BCUT2D eigenvalue weighted by Crippen LogP contribution is -2.06. The van der Waals surface area contributed by atoms with E-state index in [-0.39, 0.29) is 22.3 Å². The molecule has 0 spiro atoms. The van der Waals surface area contributed by atoms with Gasteiger partial charge in [0.15, 0.2) is 0 Å². The fourth-order valence-corrected chi connectivity index (χ4v) is 2.84. The average molecular weight is 313 g/mol. The Kier molecular flexibility index (Phi) is 2.87. The molecule has 1 N–H and O–H groups in total. The molecule has 0 bridgehead atoms. The van der Waals surface area contributed by atoms with Crippen LogP contribution in [0.15, 0.2) is 51.2 Å². The quantitative estimate of drug-likeness (QED) is 0.615. The molecule has 0 radical (unpaired) electrons. The van der Waals surface area contributed by atoms with Crippen LogP contribution in [0.4, 0.5) is 4.39 Å². The summed E-state index contributed by atoms with van der Waals surface area (Å²) in [5, 5.41) is 6.01. The molecule has 22 heavy (non-hydrogen) atoms. The Morgan fingerprint density at radius 2 is 2.18 bits per heavy atom. The summed E-state index contributed by atoms with van der Waals surface area (Å²) < 4.78 is 18.5. The molecule has 108 valence electrons. The van der Waals surface area contributed by atoms with Crippen molar-refractivity contribution in [2.24, 2.45) is 0 Å². The molecule has 0 unspecified atom stereocenters. The summed E-state index contributed by atoms with van der Waals surface area (Å²) in [4.78, 5) is 20.5. The summed E-state index contributed by atoms with van der Waals surface area (Å²) in [6.07, 6.45) is 1.49. The number of aromatic nitrogens is 3. The number of hydrogen-bond donors (Lipinski definition) is 1. The van der Waals surface area contributed by atoms with Crippen molar-refractivity contribution in [1.29, 1.82) is 0 Å². The van der Waals surface area contributed by atoms with E-state index < -0.39 is 5.82 Å². The number of thiophene rings is 1. The number of H-pyrrole nitrogens is 1. The fraction of sp³-hybridized carbons (Fsp3) is 0. The average Bonchev–Trinajstić information content (AvgIpc) is 3.19. The Balaban J connectivity index is 1.88. The Hall–Kier alpha value is -2.80. The minimum Gasteiger partial charge on any atom is -0.360 e. The molecular formula is C15H8FN3O2S. The van der Waals surface area contributed by atoms with Crippen molar-refractivity contribution >= 4 is 22.2 Å². The molecule has 0 saturated heterocycles. The number of hydrogen-bond acceptors (Lipinski definition) is 5. The van der Waals surface area contributed by atoms with Gasteiger partial charge in [0.05, 0.1) is 4.88 Å². The molecule has 3 heterocycles. The normalized spacial score (nSPS) is 11.1. The molecule has 5 nitrogen and oxygen atoms in total. The SMILES string of the molecule is O=c1c(-c2nc(-c3cccs3)no2)c[nH]c2ccc(F)cc12. The maximum Gasteiger partial charge on any atom is 0.263 e. The molecule has 0 saturated carbocycles. The number of rotatable bonds is 2. The van der Waals surface area contributed by atoms with E-state index in [1.807, 2.05) is 17.5 Å². The van der Waals surface area contributed by atoms with Gasteiger partial charge in [0.2, 0.25) is 11.3 Å². The first-order chi connectivity index (χ1) is 10.7. The molecule has 0 amide bonds. The third-order valence-electron chi connectivity index (χ3n) is 3.24. The van der Waals surface area contributed by atoms with E-state index in [2.05, 4.69) is 15.1 Å². The number of fused-ring (bicyclic) bond motifs is 1. The fourth-order valence-electron chi connectivity index (χ4n) is 2.19. The highest BCUT2D eigenvalue weighted by molar-refractivity contribution is 7.13. The van der Waals surface area contributed by atoms with Crippen molar-refractivity contribution in [3.63, 3.8) is 0 Å². The van der Waals surface area contributed by atoms with E-state index in [0.717, 1.165) is 4.88 Å². The minimum absolute atomic E-state index is 0.107. The van der Waals surface area contributed by atoms with Crippen LogP contribution < -0.4 is 5.43 Å². The van der Waals surface area contributed by atoms with Gasteiger partial charge in [-0.3, -0.25) is 4.79 Å². The second kappa shape index (κ2) is 4.88. The second-order valence-corrected chi connectivity index (χ2v) is 5.57.